The molecule has 0 aliphatic carbocycles. The summed E-state index contributed by atoms with van der Waals surface area (Å²) in [6, 6.07) is 13.8. The first-order valence-corrected chi connectivity index (χ1v) is 8.15. The van der Waals surface area contributed by atoms with E-state index in [2.05, 4.69) is 52.0 Å². The molecule has 22 heavy (non-hydrogen) atoms. The Balaban J connectivity index is 1.49. The monoisotopic (exact) mass is 294 g/mol. The quantitative estimate of drug-likeness (QED) is 0.871. The number of aryl methyl sites for hydroxylation is 1. The lowest BCUT2D eigenvalue weighted by Gasteiger charge is -2.26. The molecule has 2 aliphatic rings. The second-order valence-corrected chi connectivity index (χ2v) is 6.33. The zero-order valence-corrected chi connectivity index (χ0v) is 13.0. The molecule has 4 heterocycles. The van der Waals surface area contributed by atoms with Crippen molar-refractivity contribution in [2.75, 3.05) is 18.0 Å². The van der Waals surface area contributed by atoms with Crippen LogP contribution in [0.15, 0.2) is 42.6 Å². The number of hydrogen-bond donors (Lipinski definition) is 0. The van der Waals surface area contributed by atoms with Gasteiger partial charge in [-0.05, 0) is 44.0 Å². The molecule has 4 heteroatoms. The highest BCUT2D eigenvalue weighted by atomic mass is 15.3. The standard InChI is InChI=1S/C18H22N4/c1-14-5-4-7-18(20-14)22-12-9-16-17(22)8-11-21(16)13-15-6-2-3-10-19-15/h2-7,10,16-17H,8-9,11-13H2,1H3/t16-,17+/m0/s1. The average Bonchev–Trinajstić information content (AvgIpc) is 3.11. The van der Waals surface area contributed by atoms with E-state index >= 15 is 0 Å². The molecular formula is C18H22N4. The van der Waals surface area contributed by atoms with Gasteiger partial charge in [-0.2, -0.15) is 0 Å². The molecule has 2 atom stereocenters. The van der Waals surface area contributed by atoms with E-state index in [9.17, 15) is 0 Å². The van der Waals surface area contributed by atoms with Gasteiger partial charge in [-0.1, -0.05) is 12.1 Å². The molecule has 2 saturated heterocycles. The van der Waals surface area contributed by atoms with Crippen LogP contribution < -0.4 is 4.90 Å². The lowest BCUT2D eigenvalue weighted by Crippen LogP contribution is -2.36. The molecule has 2 aliphatic heterocycles. The van der Waals surface area contributed by atoms with E-state index in [-0.39, 0.29) is 0 Å². The lowest BCUT2D eigenvalue weighted by atomic mass is 10.1. The van der Waals surface area contributed by atoms with Gasteiger partial charge in [0.1, 0.15) is 5.82 Å². The minimum Gasteiger partial charge on any atom is -0.352 e. The smallest absolute Gasteiger partial charge is 0.129 e. The van der Waals surface area contributed by atoms with Gasteiger partial charge in [-0.3, -0.25) is 9.88 Å². The number of nitrogens with zero attached hydrogens (tertiary/aromatic N) is 4. The highest BCUT2D eigenvalue weighted by Gasteiger charge is 2.42. The molecule has 0 bridgehead atoms. The third-order valence-corrected chi connectivity index (χ3v) is 4.95. The summed E-state index contributed by atoms with van der Waals surface area (Å²) in [5.74, 6) is 1.15. The second kappa shape index (κ2) is 5.69. The Kier molecular flexibility index (Phi) is 3.54. The first-order valence-electron chi connectivity index (χ1n) is 8.15. The number of likely N-dealkylation sites (tertiary alicyclic amines) is 1. The van der Waals surface area contributed by atoms with Crippen molar-refractivity contribution in [2.24, 2.45) is 0 Å². The van der Waals surface area contributed by atoms with Crippen LogP contribution >= 0.6 is 0 Å². The Labute approximate surface area is 131 Å². The Bertz CT molecular complexity index is 643. The van der Waals surface area contributed by atoms with Gasteiger partial charge in [-0.15, -0.1) is 0 Å². The molecule has 4 nitrogen and oxygen atoms in total. The lowest BCUT2D eigenvalue weighted by molar-refractivity contribution is 0.243. The van der Waals surface area contributed by atoms with Crippen LogP contribution in [0.2, 0.25) is 0 Å². The summed E-state index contributed by atoms with van der Waals surface area (Å²) in [5, 5.41) is 0. The highest BCUT2D eigenvalue weighted by molar-refractivity contribution is 5.43. The molecule has 0 amide bonds. The van der Waals surface area contributed by atoms with Gasteiger partial charge in [0.05, 0.1) is 5.69 Å². The van der Waals surface area contributed by atoms with Gasteiger partial charge in [0, 0.05) is 43.6 Å². The number of anilines is 1. The van der Waals surface area contributed by atoms with Crippen LogP contribution in [0.25, 0.3) is 0 Å². The highest BCUT2D eigenvalue weighted by Crippen LogP contribution is 2.34. The Morgan fingerprint density at radius 2 is 1.95 bits per heavy atom. The van der Waals surface area contributed by atoms with Crippen molar-refractivity contribution in [3.05, 3.63) is 54.0 Å². The van der Waals surface area contributed by atoms with Gasteiger partial charge in [0.25, 0.3) is 0 Å². The zero-order valence-electron chi connectivity index (χ0n) is 13.0. The van der Waals surface area contributed by atoms with Crippen LogP contribution in [0.1, 0.15) is 24.2 Å². The van der Waals surface area contributed by atoms with Crippen molar-refractivity contribution >= 4 is 5.82 Å². The molecule has 4 rings (SSSR count). The number of hydrogen-bond acceptors (Lipinski definition) is 4. The third-order valence-electron chi connectivity index (χ3n) is 4.95. The van der Waals surface area contributed by atoms with Crippen molar-refractivity contribution in [3.8, 4) is 0 Å². The Morgan fingerprint density at radius 3 is 2.77 bits per heavy atom. The fraction of sp³-hybridized carbons (Fsp3) is 0.444. The van der Waals surface area contributed by atoms with E-state index in [4.69, 9.17) is 4.98 Å². The summed E-state index contributed by atoms with van der Waals surface area (Å²) < 4.78 is 0. The van der Waals surface area contributed by atoms with Crippen molar-refractivity contribution in [2.45, 2.75) is 38.4 Å². The fourth-order valence-electron chi connectivity index (χ4n) is 3.94. The normalized spacial score (nSPS) is 24.7. The molecule has 0 saturated carbocycles. The first kappa shape index (κ1) is 13.7. The van der Waals surface area contributed by atoms with E-state index < -0.39 is 0 Å². The summed E-state index contributed by atoms with van der Waals surface area (Å²) in [4.78, 5) is 14.3. The van der Waals surface area contributed by atoms with E-state index in [1.807, 2.05) is 12.3 Å². The summed E-state index contributed by atoms with van der Waals surface area (Å²) in [6.45, 7) is 5.31. The fourth-order valence-corrected chi connectivity index (χ4v) is 3.94. The summed E-state index contributed by atoms with van der Waals surface area (Å²) in [5.41, 5.74) is 2.28. The molecule has 0 unspecified atom stereocenters. The number of pyridine rings is 2. The minimum atomic E-state index is 0.609. The molecule has 2 aromatic heterocycles. The van der Waals surface area contributed by atoms with E-state index in [0.29, 0.717) is 12.1 Å². The summed E-state index contributed by atoms with van der Waals surface area (Å²) in [7, 11) is 0. The van der Waals surface area contributed by atoms with E-state index in [1.54, 1.807) is 0 Å². The maximum Gasteiger partial charge on any atom is 0.129 e. The van der Waals surface area contributed by atoms with Crippen LogP contribution in [0.4, 0.5) is 5.82 Å². The molecule has 0 aromatic carbocycles. The predicted octanol–water partition coefficient (Wildman–Crippen LogP) is 2.64. The molecule has 0 N–H and O–H groups in total. The van der Waals surface area contributed by atoms with Crippen LogP contribution in [0, 0.1) is 6.92 Å². The molecule has 0 spiro atoms. The first-order chi connectivity index (χ1) is 10.8. The van der Waals surface area contributed by atoms with Crippen molar-refractivity contribution in [3.63, 3.8) is 0 Å². The van der Waals surface area contributed by atoms with E-state index in [1.165, 1.54) is 18.5 Å². The van der Waals surface area contributed by atoms with Gasteiger partial charge in [0.2, 0.25) is 0 Å². The molecular weight excluding hydrogens is 272 g/mol. The number of fused-ring (bicyclic) bond motifs is 1. The number of rotatable bonds is 3. The minimum absolute atomic E-state index is 0.609. The predicted molar refractivity (Wildman–Crippen MR) is 87.8 cm³/mol. The zero-order chi connectivity index (χ0) is 14.9. The molecule has 2 fully saturated rings. The van der Waals surface area contributed by atoms with Crippen molar-refractivity contribution < 1.29 is 0 Å². The van der Waals surface area contributed by atoms with E-state index in [0.717, 1.165) is 31.1 Å². The molecule has 2 aromatic rings. The van der Waals surface area contributed by atoms with Crippen LogP contribution in [0.5, 0.6) is 0 Å². The van der Waals surface area contributed by atoms with Crippen LogP contribution in [-0.4, -0.2) is 40.0 Å². The van der Waals surface area contributed by atoms with Crippen LogP contribution in [0.3, 0.4) is 0 Å². The summed E-state index contributed by atoms with van der Waals surface area (Å²) >= 11 is 0. The van der Waals surface area contributed by atoms with Gasteiger partial charge in [0.15, 0.2) is 0 Å². The van der Waals surface area contributed by atoms with Gasteiger partial charge in [-0.25, -0.2) is 4.98 Å². The van der Waals surface area contributed by atoms with Gasteiger partial charge >= 0.3 is 0 Å². The topological polar surface area (TPSA) is 32.3 Å². The maximum absolute atomic E-state index is 4.72. The molecule has 114 valence electrons. The second-order valence-electron chi connectivity index (χ2n) is 6.33. The van der Waals surface area contributed by atoms with Crippen molar-refractivity contribution in [1.82, 2.24) is 14.9 Å². The maximum atomic E-state index is 4.72. The summed E-state index contributed by atoms with van der Waals surface area (Å²) in [6.07, 6.45) is 4.35. The van der Waals surface area contributed by atoms with Gasteiger partial charge < -0.3 is 4.90 Å². The van der Waals surface area contributed by atoms with Crippen molar-refractivity contribution in [1.29, 1.82) is 0 Å². The Morgan fingerprint density at radius 1 is 1.05 bits per heavy atom. The average molecular weight is 294 g/mol. The Hall–Kier alpha value is -1.94. The SMILES string of the molecule is Cc1cccc(N2CC[C@H]3[C@H]2CCN3Cc2ccccn2)n1. The number of aromatic nitrogens is 2. The largest absolute Gasteiger partial charge is 0.352 e. The third kappa shape index (κ3) is 2.48. The molecule has 0 radical (unpaired) electrons. The van der Waals surface area contributed by atoms with Crippen LogP contribution in [-0.2, 0) is 6.54 Å².